The third-order valence-electron chi connectivity index (χ3n) is 3.53. The first kappa shape index (κ1) is 18.4. The van der Waals surface area contributed by atoms with Gasteiger partial charge in [-0.15, -0.1) is 24.0 Å². The topological polar surface area (TPSA) is 67.5 Å². The molecule has 118 valence electrons. The number of halogens is 1. The highest BCUT2D eigenvalue weighted by atomic mass is 127. The van der Waals surface area contributed by atoms with Gasteiger partial charge in [0.25, 0.3) is 0 Å². The van der Waals surface area contributed by atoms with Gasteiger partial charge < -0.3 is 11.1 Å². The summed E-state index contributed by atoms with van der Waals surface area (Å²) in [7, 11) is -0.795. The lowest BCUT2D eigenvalue weighted by Gasteiger charge is -2.12. The third kappa shape index (κ3) is 6.78. The van der Waals surface area contributed by atoms with Gasteiger partial charge in [-0.25, -0.2) is 4.99 Å². The van der Waals surface area contributed by atoms with Crippen molar-refractivity contribution in [1.29, 1.82) is 0 Å². The van der Waals surface area contributed by atoms with Gasteiger partial charge in [0.2, 0.25) is 0 Å². The predicted molar refractivity (Wildman–Crippen MR) is 100 cm³/mol. The lowest BCUT2D eigenvalue weighted by atomic mass is 10.1. The van der Waals surface area contributed by atoms with Crippen molar-refractivity contribution >= 4 is 40.7 Å². The van der Waals surface area contributed by atoms with Crippen molar-refractivity contribution in [2.75, 3.05) is 6.26 Å². The molecular formula is C15H24IN3OS. The molecule has 0 heterocycles. The van der Waals surface area contributed by atoms with Gasteiger partial charge in [0.05, 0.1) is 6.54 Å². The predicted octanol–water partition coefficient (Wildman–Crippen LogP) is 2.53. The van der Waals surface area contributed by atoms with Gasteiger partial charge in [0, 0.05) is 28.9 Å². The molecule has 1 fully saturated rings. The summed E-state index contributed by atoms with van der Waals surface area (Å²) < 4.78 is 11.1. The number of hydrogen-bond donors (Lipinski definition) is 2. The van der Waals surface area contributed by atoms with E-state index in [1.165, 1.54) is 25.7 Å². The average molecular weight is 421 g/mol. The number of nitrogens with one attached hydrogen (secondary N) is 1. The first-order chi connectivity index (χ1) is 9.63. The van der Waals surface area contributed by atoms with Crippen molar-refractivity contribution < 1.29 is 4.21 Å². The quantitative estimate of drug-likeness (QED) is 0.436. The van der Waals surface area contributed by atoms with E-state index < -0.39 is 10.8 Å². The fourth-order valence-corrected chi connectivity index (χ4v) is 3.14. The number of nitrogens with two attached hydrogens (primary N) is 1. The minimum absolute atomic E-state index is 0. The molecule has 0 aliphatic heterocycles. The molecule has 0 saturated heterocycles. The van der Waals surface area contributed by atoms with E-state index in [0.29, 0.717) is 24.3 Å². The molecule has 0 aromatic heterocycles. The molecule has 0 bridgehead atoms. The van der Waals surface area contributed by atoms with Crippen molar-refractivity contribution in [3.8, 4) is 0 Å². The van der Waals surface area contributed by atoms with E-state index in [9.17, 15) is 4.21 Å². The van der Waals surface area contributed by atoms with Crippen molar-refractivity contribution in [3.05, 3.63) is 35.4 Å². The second-order valence-electron chi connectivity index (χ2n) is 5.36. The van der Waals surface area contributed by atoms with Crippen LogP contribution in [-0.2, 0) is 23.1 Å². The molecule has 1 saturated carbocycles. The first-order valence-electron chi connectivity index (χ1n) is 7.08. The third-order valence-corrected chi connectivity index (χ3v) is 4.27. The molecule has 1 unspecified atom stereocenters. The Kier molecular flexibility index (Phi) is 8.24. The number of nitrogens with zero attached hydrogens (tertiary/aromatic N) is 1. The Hall–Kier alpha value is -0.630. The summed E-state index contributed by atoms with van der Waals surface area (Å²) in [6, 6.07) is 8.56. The van der Waals surface area contributed by atoms with Gasteiger partial charge in [-0.05, 0) is 24.0 Å². The van der Waals surface area contributed by atoms with Crippen LogP contribution in [0.2, 0.25) is 0 Å². The van der Waals surface area contributed by atoms with Gasteiger partial charge in [0.15, 0.2) is 5.96 Å². The summed E-state index contributed by atoms with van der Waals surface area (Å²) >= 11 is 0. The molecule has 3 N–H and O–H groups in total. The molecule has 1 atom stereocenters. The van der Waals surface area contributed by atoms with E-state index in [4.69, 9.17) is 5.73 Å². The van der Waals surface area contributed by atoms with Crippen LogP contribution >= 0.6 is 24.0 Å². The van der Waals surface area contributed by atoms with Gasteiger partial charge in [-0.2, -0.15) is 0 Å². The Morgan fingerprint density at radius 1 is 1.29 bits per heavy atom. The Labute approximate surface area is 146 Å². The van der Waals surface area contributed by atoms with Crippen LogP contribution in [0.15, 0.2) is 29.3 Å². The van der Waals surface area contributed by atoms with E-state index in [1.54, 1.807) is 6.26 Å². The van der Waals surface area contributed by atoms with Crippen LogP contribution in [0.25, 0.3) is 0 Å². The van der Waals surface area contributed by atoms with E-state index in [1.807, 2.05) is 24.3 Å². The number of guanidine groups is 1. The van der Waals surface area contributed by atoms with Crippen LogP contribution in [0.5, 0.6) is 0 Å². The van der Waals surface area contributed by atoms with Crippen LogP contribution in [0, 0.1) is 0 Å². The van der Waals surface area contributed by atoms with E-state index in [2.05, 4.69) is 10.3 Å². The van der Waals surface area contributed by atoms with Crippen LogP contribution < -0.4 is 11.1 Å². The highest BCUT2D eigenvalue weighted by Crippen LogP contribution is 2.17. The SMILES string of the molecule is CS(=O)Cc1ccc(CN=C(N)NC2CCCC2)cc1.I. The number of aliphatic imine (C=N–C) groups is 1. The lowest BCUT2D eigenvalue weighted by Crippen LogP contribution is -2.38. The highest BCUT2D eigenvalue weighted by molar-refractivity contribution is 14.0. The molecule has 0 spiro atoms. The fourth-order valence-electron chi connectivity index (χ4n) is 2.48. The van der Waals surface area contributed by atoms with Crippen LogP contribution in [0.4, 0.5) is 0 Å². The molecule has 21 heavy (non-hydrogen) atoms. The lowest BCUT2D eigenvalue weighted by molar-refractivity contribution is 0.625. The molecule has 1 aliphatic carbocycles. The first-order valence-corrected chi connectivity index (χ1v) is 8.80. The second-order valence-corrected chi connectivity index (χ2v) is 6.80. The van der Waals surface area contributed by atoms with Gasteiger partial charge in [-0.3, -0.25) is 4.21 Å². The summed E-state index contributed by atoms with van der Waals surface area (Å²) in [6.45, 7) is 0.584. The number of benzene rings is 1. The second kappa shape index (κ2) is 9.40. The molecule has 1 aromatic rings. The van der Waals surface area contributed by atoms with Crippen molar-refractivity contribution in [2.45, 2.75) is 44.0 Å². The Balaban J connectivity index is 0.00000220. The van der Waals surface area contributed by atoms with Crippen LogP contribution in [-0.4, -0.2) is 22.5 Å². The maximum atomic E-state index is 11.1. The molecule has 2 rings (SSSR count). The van der Waals surface area contributed by atoms with Gasteiger partial charge in [-0.1, -0.05) is 37.1 Å². The zero-order valence-electron chi connectivity index (χ0n) is 12.4. The van der Waals surface area contributed by atoms with Gasteiger partial charge in [0.1, 0.15) is 0 Å². The largest absolute Gasteiger partial charge is 0.370 e. The summed E-state index contributed by atoms with van der Waals surface area (Å²) in [6.07, 6.45) is 6.67. The molecule has 0 amide bonds. The van der Waals surface area contributed by atoms with Gasteiger partial charge >= 0.3 is 0 Å². The van der Waals surface area contributed by atoms with Crippen molar-refractivity contribution in [1.82, 2.24) is 5.32 Å². The number of rotatable bonds is 5. The van der Waals surface area contributed by atoms with E-state index in [0.717, 1.165) is 11.1 Å². The Morgan fingerprint density at radius 3 is 2.43 bits per heavy atom. The molecule has 6 heteroatoms. The monoisotopic (exact) mass is 421 g/mol. The molecular weight excluding hydrogens is 397 g/mol. The fraction of sp³-hybridized carbons (Fsp3) is 0.533. The average Bonchev–Trinajstić information content (AvgIpc) is 2.90. The maximum absolute atomic E-state index is 11.1. The number of hydrogen-bond acceptors (Lipinski definition) is 2. The molecule has 1 aliphatic rings. The van der Waals surface area contributed by atoms with Crippen molar-refractivity contribution in [3.63, 3.8) is 0 Å². The molecule has 1 aromatic carbocycles. The smallest absolute Gasteiger partial charge is 0.189 e. The minimum Gasteiger partial charge on any atom is -0.370 e. The van der Waals surface area contributed by atoms with E-state index >= 15 is 0 Å². The summed E-state index contributed by atoms with van der Waals surface area (Å²) in [5, 5.41) is 3.27. The molecule has 4 nitrogen and oxygen atoms in total. The zero-order chi connectivity index (χ0) is 14.4. The van der Waals surface area contributed by atoms with E-state index in [-0.39, 0.29) is 24.0 Å². The normalized spacial score (nSPS) is 17.3. The van der Waals surface area contributed by atoms with Crippen molar-refractivity contribution in [2.24, 2.45) is 10.7 Å². The Bertz CT molecular complexity index is 484. The summed E-state index contributed by atoms with van der Waals surface area (Å²) in [5.74, 6) is 1.14. The Morgan fingerprint density at radius 2 is 1.86 bits per heavy atom. The van der Waals surface area contributed by atoms with Crippen LogP contribution in [0.3, 0.4) is 0 Å². The highest BCUT2D eigenvalue weighted by Gasteiger charge is 2.14. The minimum atomic E-state index is -0.795. The van der Waals surface area contributed by atoms with Crippen LogP contribution in [0.1, 0.15) is 36.8 Å². The summed E-state index contributed by atoms with van der Waals surface area (Å²) in [5.41, 5.74) is 8.11. The maximum Gasteiger partial charge on any atom is 0.189 e. The summed E-state index contributed by atoms with van der Waals surface area (Å²) in [4.78, 5) is 4.37. The molecule has 0 radical (unpaired) electrons. The zero-order valence-corrected chi connectivity index (χ0v) is 15.5. The standard InChI is InChI=1S/C15H23N3OS.HI/c1-20(19)11-13-8-6-12(7-9-13)10-17-15(16)18-14-4-2-3-5-14;/h6-9,14H,2-5,10-11H2,1H3,(H3,16,17,18);1H.